The predicted molar refractivity (Wildman–Crippen MR) is 108 cm³/mol. The van der Waals surface area contributed by atoms with Crippen LogP contribution in [-0.2, 0) is 0 Å². The lowest BCUT2D eigenvalue weighted by Crippen LogP contribution is -2.14. The number of nitrogens with zero attached hydrogens (tertiary/aromatic N) is 1. The molecule has 1 heteroatoms. The molecule has 4 rings (SSSR count). The van der Waals surface area contributed by atoms with Crippen molar-refractivity contribution in [2.45, 2.75) is 20.8 Å². The zero-order chi connectivity index (χ0) is 17.1. The summed E-state index contributed by atoms with van der Waals surface area (Å²) in [6, 6.07) is 19.6. The van der Waals surface area contributed by atoms with Crippen molar-refractivity contribution in [2.75, 3.05) is 11.9 Å². The Hall–Kier alpha value is -2.54. The van der Waals surface area contributed by atoms with E-state index in [1.165, 1.54) is 32.9 Å². The largest absolute Gasteiger partial charge is 0.344 e. The van der Waals surface area contributed by atoms with Gasteiger partial charge in [0.1, 0.15) is 0 Å². The molecule has 0 fully saturated rings. The number of benzene rings is 3. The van der Waals surface area contributed by atoms with Crippen LogP contribution in [0.1, 0.15) is 20.8 Å². The maximum absolute atomic E-state index is 2.31. The smallest absolute Gasteiger partial charge is 0.0494 e. The molecule has 0 spiro atoms. The Bertz CT molecular complexity index is 918. The van der Waals surface area contributed by atoms with E-state index in [9.17, 15) is 0 Å². The number of rotatable bonds is 2. The molecule has 0 saturated carbocycles. The van der Waals surface area contributed by atoms with Gasteiger partial charge in [-0.2, -0.15) is 0 Å². The van der Waals surface area contributed by atoms with Crippen LogP contribution in [0, 0.1) is 5.92 Å². The summed E-state index contributed by atoms with van der Waals surface area (Å²) in [5.41, 5.74) is 2.53. The molecule has 0 radical (unpaired) electrons. The number of likely N-dealkylation sites (N-methyl/N-ethyl adjacent to an activating group) is 1. The molecular formula is C23H25N. The number of allylic oxidation sites excluding steroid dienone is 3. The molecule has 24 heavy (non-hydrogen) atoms. The number of hydrogen-bond acceptors (Lipinski definition) is 1. The molecule has 1 aliphatic carbocycles. The summed E-state index contributed by atoms with van der Waals surface area (Å²) in [4.78, 5) is 2.30. The van der Waals surface area contributed by atoms with Crippen molar-refractivity contribution in [3.8, 4) is 0 Å². The lowest BCUT2D eigenvalue weighted by atomic mass is 9.99. The van der Waals surface area contributed by atoms with Gasteiger partial charge in [0.05, 0.1) is 0 Å². The first-order chi connectivity index (χ1) is 11.7. The molecule has 0 saturated heterocycles. The number of hydrogen-bond donors (Lipinski definition) is 0. The van der Waals surface area contributed by atoms with Gasteiger partial charge in [-0.1, -0.05) is 81.5 Å². The van der Waals surface area contributed by atoms with Crippen LogP contribution in [0.3, 0.4) is 0 Å². The Morgan fingerprint density at radius 2 is 1.46 bits per heavy atom. The van der Waals surface area contributed by atoms with Gasteiger partial charge < -0.3 is 4.90 Å². The van der Waals surface area contributed by atoms with E-state index < -0.39 is 0 Å². The van der Waals surface area contributed by atoms with E-state index in [2.05, 4.69) is 91.7 Å². The summed E-state index contributed by atoms with van der Waals surface area (Å²) in [6.45, 7) is 6.22. The van der Waals surface area contributed by atoms with E-state index in [-0.39, 0.29) is 0 Å². The molecule has 122 valence electrons. The second-order valence-corrected chi connectivity index (χ2v) is 6.03. The minimum absolute atomic E-state index is 0.518. The fourth-order valence-corrected chi connectivity index (χ4v) is 3.31. The summed E-state index contributed by atoms with van der Waals surface area (Å²) in [7, 11) is 2.16. The Labute approximate surface area is 144 Å². The fraction of sp³-hybridized carbons (Fsp3) is 0.217. The second-order valence-electron chi connectivity index (χ2n) is 6.03. The normalized spacial score (nSPS) is 16.0. The van der Waals surface area contributed by atoms with Crippen LogP contribution in [0.15, 0.2) is 78.5 Å². The summed E-state index contributed by atoms with van der Waals surface area (Å²) in [5.74, 6) is 0.518. The van der Waals surface area contributed by atoms with Gasteiger partial charge in [-0.3, -0.25) is 0 Å². The molecule has 1 aliphatic rings. The van der Waals surface area contributed by atoms with E-state index in [0.717, 1.165) is 0 Å². The van der Waals surface area contributed by atoms with Gasteiger partial charge in [0.2, 0.25) is 0 Å². The first-order valence-electron chi connectivity index (χ1n) is 8.78. The van der Waals surface area contributed by atoms with Crippen LogP contribution in [0.5, 0.6) is 0 Å². The molecule has 0 aliphatic heterocycles. The maximum atomic E-state index is 2.31. The van der Waals surface area contributed by atoms with Crippen molar-refractivity contribution >= 4 is 27.2 Å². The van der Waals surface area contributed by atoms with Crippen LogP contribution in [0.4, 0.5) is 5.69 Å². The van der Waals surface area contributed by atoms with Crippen LogP contribution < -0.4 is 4.90 Å². The molecule has 0 heterocycles. The highest BCUT2D eigenvalue weighted by Crippen LogP contribution is 2.35. The molecular weight excluding hydrogens is 290 g/mol. The average Bonchev–Trinajstić information content (AvgIpc) is 3.08. The average molecular weight is 315 g/mol. The second kappa shape index (κ2) is 6.92. The third kappa shape index (κ3) is 2.82. The monoisotopic (exact) mass is 315 g/mol. The number of anilines is 1. The third-order valence-electron chi connectivity index (χ3n) is 4.50. The van der Waals surface area contributed by atoms with Gasteiger partial charge in [0, 0.05) is 23.8 Å². The zero-order valence-corrected chi connectivity index (χ0v) is 15.0. The van der Waals surface area contributed by atoms with E-state index in [4.69, 9.17) is 0 Å². The van der Waals surface area contributed by atoms with Crippen LogP contribution in [-0.4, -0.2) is 7.05 Å². The molecule has 0 N–H and O–H groups in total. The minimum Gasteiger partial charge on any atom is -0.344 e. The Morgan fingerprint density at radius 3 is 2.12 bits per heavy atom. The lowest BCUT2D eigenvalue weighted by molar-refractivity contribution is 0.949. The Balaban J connectivity index is 0.000000815. The molecule has 0 bridgehead atoms. The minimum atomic E-state index is 0.518. The molecule has 1 nitrogen and oxygen atoms in total. The molecule has 0 amide bonds. The molecule has 3 aromatic carbocycles. The van der Waals surface area contributed by atoms with Crippen molar-refractivity contribution in [3.63, 3.8) is 0 Å². The molecule has 0 aromatic heterocycles. The highest BCUT2D eigenvalue weighted by Gasteiger charge is 2.14. The van der Waals surface area contributed by atoms with E-state index in [1.54, 1.807) is 0 Å². The van der Waals surface area contributed by atoms with Gasteiger partial charge in [-0.25, -0.2) is 0 Å². The van der Waals surface area contributed by atoms with Crippen LogP contribution in [0.25, 0.3) is 21.5 Å². The summed E-state index contributed by atoms with van der Waals surface area (Å²) in [5, 5.41) is 5.23. The Kier molecular flexibility index (Phi) is 4.71. The first-order valence-corrected chi connectivity index (χ1v) is 8.78. The quantitative estimate of drug-likeness (QED) is 0.485. The summed E-state index contributed by atoms with van der Waals surface area (Å²) < 4.78 is 0. The molecule has 1 atom stereocenters. The van der Waals surface area contributed by atoms with Gasteiger partial charge >= 0.3 is 0 Å². The fourth-order valence-electron chi connectivity index (χ4n) is 3.31. The number of fused-ring (bicyclic) bond motifs is 3. The van der Waals surface area contributed by atoms with E-state index in [1.807, 2.05) is 13.8 Å². The van der Waals surface area contributed by atoms with Crippen molar-refractivity contribution in [1.29, 1.82) is 0 Å². The van der Waals surface area contributed by atoms with Gasteiger partial charge in [-0.15, -0.1) is 0 Å². The standard InChI is InChI=1S/C21H19N.C2H6/c1-15-11-12-17(13-15)22(2)21-14-16-7-3-4-8-18(16)19-9-5-6-10-20(19)21;1-2/h3-15H,1-2H3;1-2H3. The van der Waals surface area contributed by atoms with E-state index >= 15 is 0 Å². The van der Waals surface area contributed by atoms with Crippen molar-refractivity contribution in [3.05, 3.63) is 78.5 Å². The highest BCUT2D eigenvalue weighted by atomic mass is 15.1. The SMILES string of the molecule is CC.CC1C=CC(N(C)c2cc3ccccc3c3ccccc23)=C1. The van der Waals surface area contributed by atoms with E-state index in [0.29, 0.717) is 5.92 Å². The lowest BCUT2D eigenvalue weighted by Gasteiger charge is -2.22. The molecule has 1 unspecified atom stereocenters. The predicted octanol–water partition coefficient (Wildman–Crippen LogP) is 6.55. The third-order valence-corrected chi connectivity index (χ3v) is 4.50. The van der Waals surface area contributed by atoms with Gasteiger partial charge in [-0.05, 0) is 34.2 Å². The van der Waals surface area contributed by atoms with Crippen molar-refractivity contribution in [1.82, 2.24) is 0 Å². The molecule has 3 aromatic rings. The maximum Gasteiger partial charge on any atom is 0.0494 e. The topological polar surface area (TPSA) is 3.24 Å². The van der Waals surface area contributed by atoms with Crippen molar-refractivity contribution < 1.29 is 0 Å². The summed E-state index contributed by atoms with van der Waals surface area (Å²) in [6.07, 6.45) is 6.77. The van der Waals surface area contributed by atoms with Crippen LogP contribution in [0.2, 0.25) is 0 Å². The Morgan fingerprint density at radius 1 is 0.833 bits per heavy atom. The van der Waals surface area contributed by atoms with Gasteiger partial charge in [0.15, 0.2) is 0 Å². The van der Waals surface area contributed by atoms with Gasteiger partial charge in [0.25, 0.3) is 0 Å². The first kappa shape index (κ1) is 16.3. The van der Waals surface area contributed by atoms with Crippen LogP contribution >= 0.6 is 0 Å². The summed E-state index contributed by atoms with van der Waals surface area (Å²) >= 11 is 0. The highest BCUT2D eigenvalue weighted by molar-refractivity contribution is 6.13. The van der Waals surface area contributed by atoms with Crippen molar-refractivity contribution in [2.24, 2.45) is 5.92 Å². The zero-order valence-electron chi connectivity index (χ0n) is 15.0.